The first-order valence-corrected chi connectivity index (χ1v) is 31.3. The summed E-state index contributed by atoms with van der Waals surface area (Å²) in [6.45, 7) is 40.3. The second-order valence-electron chi connectivity index (χ2n) is 26.7. The molecule has 2 aliphatic heterocycles. The fraction of sp³-hybridized carbons (Fsp3) is 0.587. The normalized spacial score (nSPS) is 21.9. The summed E-state index contributed by atoms with van der Waals surface area (Å²) in [7, 11) is 0. The third-order valence-corrected chi connectivity index (χ3v) is 17.5. The number of cyclic esters (lactones) is 1. The van der Waals surface area contributed by atoms with Crippen LogP contribution in [-0.2, 0) is 16.0 Å². The van der Waals surface area contributed by atoms with Crippen molar-refractivity contribution in [3.63, 3.8) is 0 Å². The van der Waals surface area contributed by atoms with Crippen molar-refractivity contribution in [1.29, 1.82) is 0 Å². The van der Waals surface area contributed by atoms with E-state index in [1.807, 2.05) is 13.8 Å². The molecule has 0 saturated heterocycles. The van der Waals surface area contributed by atoms with Crippen LogP contribution in [0.4, 0.5) is 0 Å². The Morgan fingerprint density at radius 3 is 1.52 bits per heavy atom. The highest BCUT2D eigenvalue weighted by atomic mass is 16.6. The summed E-state index contributed by atoms with van der Waals surface area (Å²) in [4.78, 5) is 10.4. The Kier molecular flexibility index (Phi) is 30.1. The van der Waals surface area contributed by atoms with Gasteiger partial charge in [-0.15, -0.1) is 0 Å². The Hall–Kier alpha value is -4.91. The minimum Gasteiger partial charge on any atom is -0.507 e. The number of hydrogen-bond acceptors (Lipinski definition) is 6. The molecule has 5 rings (SSSR count). The van der Waals surface area contributed by atoms with E-state index in [4.69, 9.17) is 14.9 Å². The maximum absolute atomic E-state index is 10.4. The number of allylic oxidation sites excluding steroid dienone is 22. The zero-order valence-electron chi connectivity index (χ0n) is 54.4. The van der Waals surface area contributed by atoms with E-state index < -0.39 is 24.8 Å². The van der Waals surface area contributed by atoms with Crippen LogP contribution in [0.2, 0.25) is 0 Å². The van der Waals surface area contributed by atoms with Gasteiger partial charge in [0.1, 0.15) is 29.3 Å². The van der Waals surface area contributed by atoms with E-state index in [2.05, 4.69) is 201 Å². The number of carbonyl (C=O) groups excluding carboxylic acids is 1. The average Bonchev–Trinajstić information content (AvgIpc) is 4.00. The number of benzene rings is 1. The number of hydrogen-bond donors (Lipinski definition) is 3. The molecule has 2 aliphatic carbocycles. The van der Waals surface area contributed by atoms with Crippen molar-refractivity contribution in [3.05, 3.63) is 164 Å². The number of carbonyl (C=O) groups is 1. The molecule has 3 N–H and O–H groups in total. The predicted molar refractivity (Wildman–Crippen MR) is 348 cm³/mol. The Morgan fingerprint density at radius 1 is 0.617 bits per heavy atom. The SMILES string of the molecule is CC1=C(/C=C/C(C)=C/C=C/C(C)=C/C=C/C=C(C)/C=C/C=C(C)/C=C/C2=C(C)CCCC2(C)C)C(C)(C)CCC1.Cc1c(C)c2c(c(C)c1O)CC[C@@](C)(CCC[C@H](C)CCC[C@H](C)CCCC(C)C)O2.O=C1C=C[C@@H](C(O)CO)O1. The van der Waals surface area contributed by atoms with E-state index in [9.17, 15) is 9.90 Å². The lowest BCUT2D eigenvalue weighted by atomic mass is 9.72. The summed E-state index contributed by atoms with van der Waals surface area (Å²) in [5.74, 6) is 3.56. The number of ether oxygens (including phenoxy) is 2. The molecule has 1 aromatic rings. The van der Waals surface area contributed by atoms with Crippen molar-refractivity contribution in [2.45, 2.75) is 252 Å². The molecule has 2 heterocycles. The third kappa shape index (κ3) is 24.8. The molecule has 6 nitrogen and oxygen atoms in total. The molecule has 0 fully saturated rings. The molecular formula is C75H114O6. The molecule has 450 valence electrons. The molecule has 6 heteroatoms. The Morgan fingerprint density at radius 2 is 1.07 bits per heavy atom. The number of phenols is 1. The first kappa shape index (κ1) is 70.4. The quantitative estimate of drug-likeness (QED) is 0.0705. The van der Waals surface area contributed by atoms with Crippen LogP contribution in [0, 0.1) is 49.4 Å². The number of aliphatic hydroxyl groups is 2. The van der Waals surface area contributed by atoms with Crippen molar-refractivity contribution < 1.29 is 29.6 Å². The van der Waals surface area contributed by atoms with E-state index in [0.29, 0.717) is 16.6 Å². The largest absolute Gasteiger partial charge is 0.507 e. The molecule has 5 atom stereocenters. The van der Waals surface area contributed by atoms with Gasteiger partial charge in [0.05, 0.1) is 6.61 Å². The Labute approximate surface area is 495 Å². The Balaban J connectivity index is 0.000000370. The molecule has 0 radical (unpaired) electrons. The molecule has 0 amide bonds. The van der Waals surface area contributed by atoms with E-state index in [1.54, 1.807) is 11.1 Å². The molecule has 1 unspecified atom stereocenters. The molecular weight excluding hydrogens is 997 g/mol. The predicted octanol–water partition coefficient (Wildman–Crippen LogP) is 20.3. The average molecular weight is 1110 g/mol. The van der Waals surface area contributed by atoms with E-state index >= 15 is 0 Å². The standard InChI is InChI=1S/C40H56.C29H50O2.C6H8O4/c1-31(19-13-21-33(3)25-27-37-35(5)23-15-29-39(37,7)8)17-11-12-18-32(2)20-14-22-34(4)26-28-38-36(6)24-16-30-40(38,9)10;1-20(2)12-9-13-21(3)14-10-15-22(4)16-11-18-29(8)19-17-26-25(7)27(30)23(5)24(6)28(26)31-29;7-3-4(8)5-1-2-6(9)10-5/h11-14,17-22,25-28H,15-16,23-24,29-30H2,1-10H3;20-22,30H,9-19H2,1-8H3;1-2,4-5,7-8H,3H2/b12-11+,19-13+,20-14+,27-25+,28-26+,31-17+,32-18+,33-21+,34-22+;;/t;21-,22-,29-;4?,5-/m.10/s1. The van der Waals surface area contributed by atoms with Gasteiger partial charge in [-0.2, -0.15) is 0 Å². The van der Waals surface area contributed by atoms with Gasteiger partial charge in [-0.1, -0.05) is 219 Å². The maximum atomic E-state index is 10.4. The summed E-state index contributed by atoms with van der Waals surface area (Å²) in [5, 5.41) is 27.7. The molecule has 81 heavy (non-hydrogen) atoms. The topological polar surface area (TPSA) is 96.2 Å². The fourth-order valence-corrected chi connectivity index (χ4v) is 11.8. The fourth-order valence-electron chi connectivity index (χ4n) is 11.8. The zero-order chi connectivity index (χ0) is 60.5. The van der Waals surface area contributed by atoms with E-state index in [0.717, 1.165) is 59.5 Å². The third-order valence-electron chi connectivity index (χ3n) is 17.5. The molecule has 0 aromatic heterocycles. The van der Waals surface area contributed by atoms with Gasteiger partial charge >= 0.3 is 5.97 Å². The number of phenolic OH excluding ortho intramolecular Hbond substituents is 1. The highest BCUT2D eigenvalue weighted by molar-refractivity contribution is 5.84. The summed E-state index contributed by atoms with van der Waals surface area (Å²) >= 11 is 0. The monoisotopic (exact) mass is 1110 g/mol. The van der Waals surface area contributed by atoms with E-state index in [1.165, 1.54) is 141 Å². The smallest absolute Gasteiger partial charge is 0.331 e. The van der Waals surface area contributed by atoms with Crippen LogP contribution in [0.5, 0.6) is 11.5 Å². The number of fused-ring (bicyclic) bond motifs is 1. The minimum atomic E-state index is -0.998. The second kappa shape index (κ2) is 34.6. The van der Waals surface area contributed by atoms with Gasteiger partial charge in [0.15, 0.2) is 0 Å². The number of aromatic hydroxyl groups is 1. The van der Waals surface area contributed by atoms with Gasteiger partial charge in [0, 0.05) is 11.6 Å². The lowest BCUT2D eigenvalue weighted by Gasteiger charge is -2.38. The van der Waals surface area contributed by atoms with Gasteiger partial charge < -0.3 is 24.8 Å². The second-order valence-corrected chi connectivity index (χ2v) is 26.7. The van der Waals surface area contributed by atoms with Gasteiger partial charge in [0.25, 0.3) is 0 Å². The van der Waals surface area contributed by atoms with Crippen LogP contribution in [0.3, 0.4) is 0 Å². The Bertz CT molecular complexity index is 2470. The highest BCUT2D eigenvalue weighted by Gasteiger charge is 2.34. The highest BCUT2D eigenvalue weighted by Crippen LogP contribution is 2.45. The molecule has 4 aliphatic rings. The van der Waals surface area contributed by atoms with Crippen molar-refractivity contribution in [1.82, 2.24) is 0 Å². The summed E-state index contributed by atoms with van der Waals surface area (Å²) in [6, 6.07) is 0. The van der Waals surface area contributed by atoms with Gasteiger partial charge in [-0.05, 0) is 196 Å². The van der Waals surface area contributed by atoms with Crippen LogP contribution >= 0.6 is 0 Å². The number of aliphatic hydroxyl groups excluding tert-OH is 2. The first-order valence-electron chi connectivity index (χ1n) is 31.3. The summed E-state index contributed by atoms with van der Waals surface area (Å²) in [6.07, 6.45) is 53.4. The van der Waals surface area contributed by atoms with Gasteiger partial charge in [0.2, 0.25) is 0 Å². The number of rotatable bonds is 24. The zero-order valence-corrected chi connectivity index (χ0v) is 54.4. The molecule has 1 aromatic carbocycles. The molecule has 0 spiro atoms. The maximum Gasteiger partial charge on any atom is 0.331 e. The number of esters is 1. The summed E-state index contributed by atoms with van der Waals surface area (Å²) in [5.41, 5.74) is 16.0. The van der Waals surface area contributed by atoms with Crippen LogP contribution < -0.4 is 4.74 Å². The minimum absolute atomic E-state index is 0.0712. The van der Waals surface area contributed by atoms with Crippen LogP contribution in [0.15, 0.2) is 142 Å². The van der Waals surface area contributed by atoms with Gasteiger partial charge in [-0.25, -0.2) is 4.79 Å². The lowest BCUT2D eigenvalue weighted by Crippen LogP contribution is -2.37. The van der Waals surface area contributed by atoms with Crippen molar-refractivity contribution in [2.24, 2.45) is 28.6 Å². The molecule has 0 saturated carbocycles. The summed E-state index contributed by atoms with van der Waals surface area (Å²) < 4.78 is 11.2. The molecule has 0 bridgehead atoms. The van der Waals surface area contributed by atoms with Crippen molar-refractivity contribution in [2.75, 3.05) is 6.61 Å². The van der Waals surface area contributed by atoms with Crippen molar-refractivity contribution >= 4 is 5.97 Å². The van der Waals surface area contributed by atoms with Crippen molar-refractivity contribution in [3.8, 4) is 11.5 Å². The van der Waals surface area contributed by atoms with Crippen LogP contribution in [0.25, 0.3) is 0 Å². The lowest BCUT2D eigenvalue weighted by molar-refractivity contribution is -0.143. The van der Waals surface area contributed by atoms with Crippen LogP contribution in [0.1, 0.15) is 229 Å². The van der Waals surface area contributed by atoms with Crippen LogP contribution in [-0.4, -0.2) is 45.7 Å². The van der Waals surface area contributed by atoms with E-state index in [-0.39, 0.29) is 5.60 Å². The first-order chi connectivity index (χ1) is 38.1. The van der Waals surface area contributed by atoms with Gasteiger partial charge in [-0.3, -0.25) is 0 Å².